The van der Waals surface area contributed by atoms with E-state index in [4.69, 9.17) is 4.74 Å². The van der Waals surface area contributed by atoms with E-state index in [1.54, 1.807) is 25.3 Å². The number of rotatable bonds is 7. The zero-order valence-corrected chi connectivity index (χ0v) is 12.4. The number of methoxy groups -OCH3 is 1. The molecule has 2 rings (SSSR count). The predicted molar refractivity (Wildman–Crippen MR) is 84.3 cm³/mol. The van der Waals surface area contributed by atoms with E-state index in [1.165, 1.54) is 6.07 Å². The Morgan fingerprint density at radius 1 is 1.14 bits per heavy atom. The Kier molecular flexibility index (Phi) is 5.77. The van der Waals surface area contributed by atoms with Crippen molar-refractivity contribution in [1.29, 1.82) is 0 Å². The van der Waals surface area contributed by atoms with Crippen LogP contribution >= 0.6 is 0 Å². The number of nitrogens with one attached hydrogen (secondary N) is 2. The second-order valence-corrected chi connectivity index (χ2v) is 4.75. The molecular formula is C17H19FN2O2. The Balaban J connectivity index is 1.75. The van der Waals surface area contributed by atoms with Crippen LogP contribution < -0.4 is 15.4 Å². The normalized spacial score (nSPS) is 10.1. The van der Waals surface area contributed by atoms with Crippen molar-refractivity contribution in [3.8, 4) is 5.75 Å². The maximum atomic E-state index is 13.4. The van der Waals surface area contributed by atoms with Gasteiger partial charge in [-0.05, 0) is 18.2 Å². The fourth-order valence-electron chi connectivity index (χ4n) is 2.03. The molecule has 0 aliphatic rings. The molecule has 0 bridgehead atoms. The minimum atomic E-state index is -0.310. The van der Waals surface area contributed by atoms with Gasteiger partial charge in [-0.25, -0.2) is 4.39 Å². The minimum absolute atomic E-state index is 0.134. The van der Waals surface area contributed by atoms with Crippen LogP contribution in [0.25, 0.3) is 0 Å². The molecule has 0 aliphatic carbocycles. The molecule has 2 aromatic carbocycles. The summed E-state index contributed by atoms with van der Waals surface area (Å²) in [5, 5.41) is 5.85. The van der Waals surface area contributed by atoms with E-state index in [0.717, 1.165) is 11.4 Å². The fourth-order valence-corrected chi connectivity index (χ4v) is 2.03. The number of amides is 1. The van der Waals surface area contributed by atoms with Crippen LogP contribution in [0.15, 0.2) is 48.5 Å². The van der Waals surface area contributed by atoms with E-state index >= 15 is 0 Å². The Bertz CT molecular complexity index is 632. The lowest BCUT2D eigenvalue weighted by molar-refractivity contribution is -0.121. The Labute approximate surface area is 129 Å². The monoisotopic (exact) mass is 302 g/mol. The number of para-hydroxylation sites is 2. The summed E-state index contributed by atoms with van der Waals surface area (Å²) in [6.45, 7) is 0.670. The van der Waals surface area contributed by atoms with Crippen molar-refractivity contribution in [2.75, 3.05) is 19.0 Å². The maximum absolute atomic E-state index is 13.4. The molecule has 0 spiro atoms. The van der Waals surface area contributed by atoms with Gasteiger partial charge < -0.3 is 15.4 Å². The zero-order valence-electron chi connectivity index (χ0n) is 12.4. The van der Waals surface area contributed by atoms with Crippen molar-refractivity contribution in [2.24, 2.45) is 0 Å². The quantitative estimate of drug-likeness (QED) is 0.827. The molecule has 22 heavy (non-hydrogen) atoms. The van der Waals surface area contributed by atoms with Gasteiger partial charge in [0.2, 0.25) is 5.91 Å². The molecule has 0 saturated heterocycles. The van der Waals surface area contributed by atoms with Crippen molar-refractivity contribution in [3.63, 3.8) is 0 Å². The third-order valence-electron chi connectivity index (χ3n) is 3.21. The molecule has 0 atom stereocenters. The number of anilines is 1. The smallest absolute Gasteiger partial charge is 0.222 e. The molecular weight excluding hydrogens is 283 g/mol. The summed E-state index contributed by atoms with van der Waals surface area (Å²) in [6.07, 6.45) is 0.298. The lowest BCUT2D eigenvalue weighted by Crippen LogP contribution is -2.25. The standard InChI is InChI=1S/C17H19FN2O2/c1-22-16-9-5-4-8-15(16)19-11-10-17(21)20-12-13-6-2-3-7-14(13)18/h2-9,19H,10-12H2,1H3,(H,20,21). The highest BCUT2D eigenvalue weighted by Gasteiger charge is 2.05. The van der Waals surface area contributed by atoms with Gasteiger partial charge in [0, 0.05) is 25.1 Å². The number of hydrogen-bond acceptors (Lipinski definition) is 3. The highest BCUT2D eigenvalue weighted by molar-refractivity contribution is 5.76. The predicted octanol–water partition coefficient (Wildman–Crippen LogP) is 2.95. The second kappa shape index (κ2) is 8.02. The van der Waals surface area contributed by atoms with Crippen LogP contribution in [0.1, 0.15) is 12.0 Å². The highest BCUT2D eigenvalue weighted by Crippen LogP contribution is 2.22. The van der Waals surface area contributed by atoms with Crippen molar-refractivity contribution in [2.45, 2.75) is 13.0 Å². The van der Waals surface area contributed by atoms with Gasteiger partial charge in [-0.3, -0.25) is 4.79 Å². The van der Waals surface area contributed by atoms with Crippen molar-refractivity contribution in [1.82, 2.24) is 5.32 Å². The Morgan fingerprint density at radius 3 is 2.64 bits per heavy atom. The molecule has 0 aromatic heterocycles. The minimum Gasteiger partial charge on any atom is -0.495 e. The largest absolute Gasteiger partial charge is 0.495 e. The van der Waals surface area contributed by atoms with Crippen LogP contribution in [-0.4, -0.2) is 19.6 Å². The summed E-state index contributed by atoms with van der Waals surface area (Å²) < 4.78 is 18.6. The van der Waals surface area contributed by atoms with Crippen LogP contribution in [0.3, 0.4) is 0 Å². The first kappa shape index (κ1) is 15.8. The summed E-state index contributed by atoms with van der Waals surface area (Å²) in [5.74, 6) is 0.287. The molecule has 1 amide bonds. The van der Waals surface area contributed by atoms with E-state index in [9.17, 15) is 9.18 Å². The molecule has 2 aromatic rings. The van der Waals surface area contributed by atoms with E-state index in [2.05, 4.69) is 10.6 Å². The third kappa shape index (κ3) is 4.48. The molecule has 0 radical (unpaired) electrons. The van der Waals surface area contributed by atoms with Gasteiger partial charge in [-0.15, -0.1) is 0 Å². The van der Waals surface area contributed by atoms with Gasteiger partial charge in [-0.1, -0.05) is 30.3 Å². The van der Waals surface area contributed by atoms with E-state index in [-0.39, 0.29) is 18.3 Å². The van der Waals surface area contributed by atoms with Gasteiger partial charge >= 0.3 is 0 Å². The number of carbonyl (C=O) groups excluding carboxylic acids is 1. The topological polar surface area (TPSA) is 50.4 Å². The number of carbonyl (C=O) groups is 1. The number of halogens is 1. The van der Waals surface area contributed by atoms with E-state index < -0.39 is 0 Å². The van der Waals surface area contributed by atoms with Gasteiger partial charge in [0.1, 0.15) is 11.6 Å². The van der Waals surface area contributed by atoms with Crippen LogP contribution in [0.5, 0.6) is 5.75 Å². The molecule has 0 aliphatic heterocycles. The highest BCUT2D eigenvalue weighted by atomic mass is 19.1. The molecule has 5 heteroatoms. The Morgan fingerprint density at radius 2 is 1.86 bits per heavy atom. The van der Waals surface area contributed by atoms with Gasteiger partial charge in [-0.2, -0.15) is 0 Å². The Hall–Kier alpha value is -2.56. The molecule has 0 unspecified atom stereocenters. The summed E-state index contributed by atoms with van der Waals surface area (Å²) in [6, 6.07) is 13.9. The first-order valence-corrected chi connectivity index (χ1v) is 7.07. The number of benzene rings is 2. The zero-order chi connectivity index (χ0) is 15.8. The molecule has 4 nitrogen and oxygen atoms in total. The fraction of sp³-hybridized carbons (Fsp3) is 0.235. The lowest BCUT2D eigenvalue weighted by atomic mass is 10.2. The summed E-state index contributed by atoms with van der Waals surface area (Å²) in [7, 11) is 1.60. The maximum Gasteiger partial charge on any atom is 0.222 e. The van der Waals surface area contributed by atoms with Gasteiger partial charge in [0.25, 0.3) is 0 Å². The molecule has 0 heterocycles. The number of ether oxygens (including phenoxy) is 1. The molecule has 116 valence electrons. The van der Waals surface area contributed by atoms with Crippen molar-refractivity contribution < 1.29 is 13.9 Å². The van der Waals surface area contributed by atoms with Crippen LogP contribution in [0, 0.1) is 5.82 Å². The summed E-state index contributed by atoms with van der Waals surface area (Å²) in [4.78, 5) is 11.8. The van der Waals surface area contributed by atoms with Crippen LogP contribution in [0.2, 0.25) is 0 Å². The van der Waals surface area contributed by atoms with Crippen molar-refractivity contribution >= 4 is 11.6 Å². The number of hydrogen-bond donors (Lipinski definition) is 2. The summed E-state index contributed by atoms with van der Waals surface area (Å²) in [5.41, 5.74) is 1.32. The first-order chi connectivity index (χ1) is 10.7. The SMILES string of the molecule is COc1ccccc1NCCC(=O)NCc1ccccc1F. The summed E-state index contributed by atoms with van der Waals surface area (Å²) >= 11 is 0. The molecule has 2 N–H and O–H groups in total. The van der Waals surface area contributed by atoms with E-state index in [0.29, 0.717) is 18.5 Å². The van der Waals surface area contributed by atoms with Gasteiger partial charge in [0.05, 0.1) is 12.8 Å². The van der Waals surface area contributed by atoms with E-state index in [1.807, 2.05) is 24.3 Å². The second-order valence-electron chi connectivity index (χ2n) is 4.75. The average molecular weight is 302 g/mol. The molecule has 0 fully saturated rings. The average Bonchev–Trinajstić information content (AvgIpc) is 2.54. The van der Waals surface area contributed by atoms with Crippen LogP contribution in [-0.2, 0) is 11.3 Å². The van der Waals surface area contributed by atoms with Crippen LogP contribution in [0.4, 0.5) is 10.1 Å². The first-order valence-electron chi connectivity index (χ1n) is 7.07. The van der Waals surface area contributed by atoms with Gasteiger partial charge in [0.15, 0.2) is 0 Å². The lowest BCUT2D eigenvalue weighted by Gasteiger charge is -2.11. The third-order valence-corrected chi connectivity index (χ3v) is 3.21. The molecule has 0 saturated carbocycles. The van der Waals surface area contributed by atoms with Crippen molar-refractivity contribution in [3.05, 3.63) is 59.9 Å².